The zero-order valence-corrected chi connectivity index (χ0v) is 11.5. The molecule has 0 radical (unpaired) electrons. The lowest BCUT2D eigenvalue weighted by Crippen LogP contribution is -2.37. The third-order valence-corrected chi connectivity index (χ3v) is 3.25. The molecule has 1 aromatic rings. The highest BCUT2D eigenvalue weighted by Gasteiger charge is 2.21. The van der Waals surface area contributed by atoms with Gasteiger partial charge in [0.05, 0.1) is 18.2 Å². The van der Waals surface area contributed by atoms with Crippen LogP contribution in [-0.2, 0) is 11.2 Å². The van der Waals surface area contributed by atoms with Gasteiger partial charge in [0.1, 0.15) is 5.69 Å². The molecule has 2 N–H and O–H groups in total. The van der Waals surface area contributed by atoms with E-state index in [-0.39, 0.29) is 18.8 Å². The van der Waals surface area contributed by atoms with Crippen LogP contribution in [0, 0.1) is 0 Å². The molecule has 0 aliphatic heterocycles. The van der Waals surface area contributed by atoms with Gasteiger partial charge in [0.2, 0.25) is 0 Å². The summed E-state index contributed by atoms with van der Waals surface area (Å²) in [6.07, 6.45) is -2.01. The summed E-state index contributed by atoms with van der Waals surface area (Å²) in [5.41, 5.74) is 5.58. The number of carbonyl (C=O) groups is 1. The maximum Gasteiger partial charge on any atom is 0.273 e. The Hall–Kier alpha value is -1.12. The van der Waals surface area contributed by atoms with Crippen molar-refractivity contribution in [3.05, 3.63) is 16.1 Å². The van der Waals surface area contributed by atoms with Gasteiger partial charge in [-0.2, -0.15) is 0 Å². The van der Waals surface area contributed by atoms with Gasteiger partial charge in [0.25, 0.3) is 12.3 Å². The molecule has 0 fully saturated rings. The van der Waals surface area contributed by atoms with E-state index in [1.54, 1.807) is 5.38 Å². The van der Waals surface area contributed by atoms with Gasteiger partial charge < -0.3 is 15.4 Å². The van der Waals surface area contributed by atoms with Gasteiger partial charge in [-0.15, -0.1) is 11.3 Å². The molecular formula is C11H17F2N3O2S. The molecule has 1 amide bonds. The molecule has 0 spiro atoms. The van der Waals surface area contributed by atoms with Gasteiger partial charge in [0, 0.05) is 25.5 Å². The van der Waals surface area contributed by atoms with Gasteiger partial charge in [-0.3, -0.25) is 4.79 Å². The molecule has 1 rings (SSSR count). The van der Waals surface area contributed by atoms with Crippen LogP contribution in [-0.4, -0.2) is 55.6 Å². The molecule has 108 valence electrons. The van der Waals surface area contributed by atoms with E-state index in [9.17, 15) is 13.6 Å². The first kappa shape index (κ1) is 15.9. The van der Waals surface area contributed by atoms with E-state index in [1.165, 1.54) is 18.4 Å². The number of amides is 1. The maximum atomic E-state index is 12.4. The van der Waals surface area contributed by atoms with Crippen LogP contribution in [0.3, 0.4) is 0 Å². The van der Waals surface area contributed by atoms with E-state index in [2.05, 4.69) is 4.98 Å². The fourth-order valence-electron chi connectivity index (χ4n) is 1.45. The topological polar surface area (TPSA) is 68.5 Å². The van der Waals surface area contributed by atoms with Crippen molar-refractivity contribution in [2.75, 3.05) is 33.4 Å². The molecular weight excluding hydrogens is 276 g/mol. The summed E-state index contributed by atoms with van der Waals surface area (Å²) in [6.45, 7) is 0.138. The summed E-state index contributed by atoms with van der Waals surface area (Å²) in [5.74, 6) is -0.503. The van der Waals surface area contributed by atoms with Crippen LogP contribution in [0.4, 0.5) is 8.78 Å². The largest absolute Gasteiger partial charge is 0.383 e. The van der Waals surface area contributed by atoms with Crippen molar-refractivity contribution in [2.24, 2.45) is 5.73 Å². The molecule has 0 atom stereocenters. The zero-order chi connectivity index (χ0) is 14.3. The lowest BCUT2D eigenvalue weighted by atomic mass is 10.3. The van der Waals surface area contributed by atoms with Crippen LogP contribution in [0.2, 0.25) is 0 Å². The van der Waals surface area contributed by atoms with E-state index < -0.39 is 18.9 Å². The number of thiazole rings is 1. The minimum absolute atomic E-state index is 0.115. The van der Waals surface area contributed by atoms with Crippen LogP contribution in [0.5, 0.6) is 0 Å². The number of alkyl halides is 2. The van der Waals surface area contributed by atoms with Crippen molar-refractivity contribution >= 4 is 17.2 Å². The summed E-state index contributed by atoms with van der Waals surface area (Å²) in [6, 6.07) is 0. The van der Waals surface area contributed by atoms with E-state index in [0.717, 1.165) is 9.91 Å². The average Bonchev–Trinajstić information content (AvgIpc) is 2.82. The highest BCUT2D eigenvalue weighted by Crippen LogP contribution is 2.13. The summed E-state index contributed by atoms with van der Waals surface area (Å²) < 4.78 is 29.7. The van der Waals surface area contributed by atoms with Gasteiger partial charge in [0.15, 0.2) is 0 Å². The number of hydrogen-bond donors (Lipinski definition) is 1. The normalized spacial score (nSPS) is 11.0. The quantitative estimate of drug-likeness (QED) is 0.776. The molecule has 0 aromatic carbocycles. The number of ether oxygens (including phenoxy) is 1. The Bertz CT molecular complexity index is 401. The van der Waals surface area contributed by atoms with Crippen molar-refractivity contribution in [2.45, 2.75) is 12.8 Å². The fourth-order valence-corrected chi connectivity index (χ4v) is 2.24. The number of methoxy groups -OCH3 is 1. The molecule has 0 aliphatic carbocycles. The number of rotatable bonds is 8. The van der Waals surface area contributed by atoms with Crippen molar-refractivity contribution in [1.82, 2.24) is 9.88 Å². The van der Waals surface area contributed by atoms with E-state index in [4.69, 9.17) is 10.5 Å². The van der Waals surface area contributed by atoms with Crippen molar-refractivity contribution in [1.29, 1.82) is 0 Å². The minimum Gasteiger partial charge on any atom is -0.383 e. The Labute approximate surface area is 114 Å². The zero-order valence-electron chi connectivity index (χ0n) is 10.6. The van der Waals surface area contributed by atoms with Crippen molar-refractivity contribution < 1.29 is 18.3 Å². The van der Waals surface area contributed by atoms with Gasteiger partial charge in [-0.1, -0.05) is 0 Å². The highest BCUT2D eigenvalue weighted by atomic mass is 32.1. The lowest BCUT2D eigenvalue weighted by molar-refractivity contribution is 0.0474. The minimum atomic E-state index is -2.58. The molecule has 1 heterocycles. The molecule has 0 unspecified atom stereocenters. The van der Waals surface area contributed by atoms with Crippen molar-refractivity contribution in [3.8, 4) is 0 Å². The van der Waals surface area contributed by atoms with Gasteiger partial charge in [-0.05, 0) is 6.54 Å². The Morgan fingerprint density at radius 3 is 2.95 bits per heavy atom. The Morgan fingerprint density at radius 2 is 2.37 bits per heavy atom. The second kappa shape index (κ2) is 8.13. The third-order valence-electron chi connectivity index (χ3n) is 2.34. The number of hydrogen-bond acceptors (Lipinski definition) is 5. The standard InChI is InChI=1S/C11H17F2N3O2S/c1-18-5-4-16(6-9(12)13)11(17)8-7-19-10(15-8)2-3-14/h7,9H,2-6,14H2,1H3. The smallest absolute Gasteiger partial charge is 0.273 e. The summed E-state index contributed by atoms with van der Waals surface area (Å²) in [5, 5.41) is 2.30. The average molecular weight is 293 g/mol. The summed E-state index contributed by atoms with van der Waals surface area (Å²) >= 11 is 1.31. The Morgan fingerprint density at radius 1 is 1.63 bits per heavy atom. The van der Waals surface area contributed by atoms with Gasteiger partial charge in [-0.25, -0.2) is 13.8 Å². The highest BCUT2D eigenvalue weighted by molar-refractivity contribution is 7.09. The Kier molecular flexibility index (Phi) is 6.82. The number of aromatic nitrogens is 1. The first-order valence-corrected chi connectivity index (χ1v) is 6.67. The van der Waals surface area contributed by atoms with E-state index >= 15 is 0 Å². The van der Waals surface area contributed by atoms with Crippen LogP contribution in [0.25, 0.3) is 0 Å². The monoisotopic (exact) mass is 293 g/mol. The third kappa shape index (κ3) is 5.17. The van der Waals surface area contributed by atoms with E-state index in [0.29, 0.717) is 13.0 Å². The lowest BCUT2D eigenvalue weighted by Gasteiger charge is -2.20. The molecule has 5 nitrogen and oxygen atoms in total. The van der Waals surface area contributed by atoms with Crippen LogP contribution in [0.1, 0.15) is 15.5 Å². The second-order valence-electron chi connectivity index (χ2n) is 3.80. The first-order chi connectivity index (χ1) is 9.08. The SMILES string of the molecule is COCCN(CC(F)F)C(=O)c1csc(CCN)n1. The van der Waals surface area contributed by atoms with Crippen LogP contribution < -0.4 is 5.73 Å². The number of nitrogens with two attached hydrogens (primary N) is 1. The molecule has 1 aromatic heterocycles. The molecule has 0 saturated heterocycles. The fraction of sp³-hybridized carbons (Fsp3) is 0.636. The molecule has 8 heteroatoms. The number of nitrogens with zero attached hydrogens (tertiary/aromatic N) is 2. The second-order valence-corrected chi connectivity index (χ2v) is 4.74. The number of carbonyl (C=O) groups excluding carboxylic acids is 1. The van der Waals surface area contributed by atoms with Crippen LogP contribution in [0.15, 0.2) is 5.38 Å². The van der Waals surface area contributed by atoms with E-state index in [1.807, 2.05) is 0 Å². The molecule has 0 bridgehead atoms. The summed E-state index contributed by atoms with van der Waals surface area (Å²) in [7, 11) is 1.45. The maximum absolute atomic E-state index is 12.4. The molecule has 19 heavy (non-hydrogen) atoms. The molecule has 0 aliphatic rings. The van der Waals surface area contributed by atoms with Gasteiger partial charge >= 0.3 is 0 Å². The van der Waals surface area contributed by atoms with Crippen molar-refractivity contribution in [3.63, 3.8) is 0 Å². The number of halogens is 2. The van der Waals surface area contributed by atoms with Crippen LogP contribution >= 0.6 is 11.3 Å². The molecule has 0 saturated carbocycles. The predicted octanol–water partition coefficient (Wildman–Crippen LogP) is 0.998. The Balaban J connectivity index is 2.72. The summed E-state index contributed by atoms with van der Waals surface area (Å²) in [4.78, 5) is 17.2. The predicted molar refractivity (Wildman–Crippen MR) is 68.7 cm³/mol. The first-order valence-electron chi connectivity index (χ1n) is 5.79.